The Morgan fingerprint density at radius 2 is 2.10 bits per heavy atom. The van der Waals surface area contributed by atoms with E-state index in [-0.39, 0.29) is 11.4 Å². The monoisotopic (exact) mass is 308 g/mol. The van der Waals surface area contributed by atoms with Crippen LogP contribution in [-0.4, -0.2) is 12.2 Å². The van der Waals surface area contributed by atoms with Gasteiger partial charge in [0.15, 0.2) is 0 Å². The van der Waals surface area contributed by atoms with Crippen LogP contribution in [0.2, 0.25) is 5.02 Å². The van der Waals surface area contributed by atoms with Crippen molar-refractivity contribution in [2.24, 2.45) is 0 Å². The molecule has 3 nitrogen and oxygen atoms in total. The third-order valence-electron chi connectivity index (χ3n) is 3.61. The van der Waals surface area contributed by atoms with Crippen LogP contribution in [0.25, 0.3) is 0 Å². The fourth-order valence-corrected chi connectivity index (χ4v) is 2.69. The minimum Gasteiger partial charge on any atom is -0.497 e. The van der Waals surface area contributed by atoms with Gasteiger partial charge in [-0.05, 0) is 24.3 Å². The van der Waals surface area contributed by atoms with Crippen molar-refractivity contribution in [3.8, 4) is 11.5 Å². The van der Waals surface area contributed by atoms with Crippen LogP contribution in [0.3, 0.4) is 0 Å². The van der Waals surface area contributed by atoms with E-state index < -0.39 is 18.0 Å². The highest BCUT2D eigenvalue weighted by Gasteiger charge is 2.30. The van der Waals surface area contributed by atoms with Crippen LogP contribution in [-0.2, 0) is 0 Å². The van der Waals surface area contributed by atoms with Crippen LogP contribution in [0, 0.1) is 5.82 Å². The van der Waals surface area contributed by atoms with E-state index in [2.05, 4.69) is 0 Å². The Kier molecular flexibility index (Phi) is 3.74. The predicted molar refractivity (Wildman–Crippen MR) is 77.3 cm³/mol. The summed E-state index contributed by atoms with van der Waals surface area (Å²) in [7, 11) is 1.56. The van der Waals surface area contributed by atoms with Gasteiger partial charge in [0.25, 0.3) is 0 Å². The maximum absolute atomic E-state index is 14.1. The lowest BCUT2D eigenvalue weighted by Gasteiger charge is -2.30. The molecule has 0 bridgehead atoms. The molecule has 0 saturated heterocycles. The van der Waals surface area contributed by atoms with Gasteiger partial charge in [0, 0.05) is 17.5 Å². The van der Waals surface area contributed by atoms with Gasteiger partial charge in [0.1, 0.15) is 23.4 Å². The Labute approximate surface area is 126 Å². The molecule has 2 aromatic carbocycles. The van der Waals surface area contributed by atoms with Crippen molar-refractivity contribution in [3.63, 3.8) is 0 Å². The van der Waals surface area contributed by atoms with Gasteiger partial charge < -0.3 is 14.6 Å². The first-order valence-electron chi connectivity index (χ1n) is 6.56. The summed E-state index contributed by atoms with van der Waals surface area (Å²) in [6.07, 6.45) is -1.05. The van der Waals surface area contributed by atoms with Gasteiger partial charge in [-0.15, -0.1) is 0 Å². The van der Waals surface area contributed by atoms with Gasteiger partial charge in [-0.25, -0.2) is 4.39 Å². The predicted octanol–water partition coefficient (Wildman–Crippen LogP) is 4.04. The fourth-order valence-electron chi connectivity index (χ4n) is 2.51. The lowest BCUT2D eigenvalue weighted by atomic mass is 9.94. The Bertz CT molecular complexity index is 675. The molecule has 1 aliphatic rings. The maximum atomic E-state index is 14.1. The number of halogens is 2. The lowest BCUT2D eigenvalue weighted by Crippen LogP contribution is -2.20. The van der Waals surface area contributed by atoms with Crippen LogP contribution in [0.1, 0.15) is 29.8 Å². The summed E-state index contributed by atoms with van der Waals surface area (Å²) in [6.45, 7) is 0. The van der Waals surface area contributed by atoms with E-state index in [0.29, 0.717) is 22.6 Å². The van der Waals surface area contributed by atoms with Gasteiger partial charge in [-0.3, -0.25) is 0 Å². The third kappa shape index (κ3) is 2.57. The van der Waals surface area contributed by atoms with Crippen molar-refractivity contribution in [1.29, 1.82) is 0 Å². The minimum absolute atomic E-state index is 0.0473. The molecule has 21 heavy (non-hydrogen) atoms. The van der Waals surface area contributed by atoms with Crippen LogP contribution in [0.5, 0.6) is 11.5 Å². The molecule has 0 aromatic heterocycles. The summed E-state index contributed by atoms with van der Waals surface area (Å²) in [6, 6.07) is 9.95. The van der Waals surface area contributed by atoms with Crippen LogP contribution < -0.4 is 9.47 Å². The van der Waals surface area contributed by atoms with Crippen molar-refractivity contribution >= 4 is 11.6 Å². The highest BCUT2D eigenvalue weighted by atomic mass is 35.5. The van der Waals surface area contributed by atoms with E-state index in [1.54, 1.807) is 37.4 Å². The molecule has 0 saturated carbocycles. The number of aliphatic hydroxyl groups is 1. The molecule has 5 heteroatoms. The Balaban J connectivity index is 1.97. The first-order valence-corrected chi connectivity index (χ1v) is 6.94. The minimum atomic E-state index is -0.743. The number of hydrogen-bond acceptors (Lipinski definition) is 3. The number of benzene rings is 2. The second kappa shape index (κ2) is 5.54. The molecule has 3 rings (SSSR count). The summed E-state index contributed by atoms with van der Waals surface area (Å²) in [5.74, 6) is 0.663. The van der Waals surface area contributed by atoms with Crippen molar-refractivity contribution in [2.75, 3.05) is 7.11 Å². The highest BCUT2D eigenvalue weighted by molar-refractivity contribution is 6.30. The number of ether oxygens (including phenoxy) is 2. The van der Waals surface area contributed by atoms with Crippen LogP contribution >= 0.6 is 11.6 Å². The molecular weight excluding hydrogens is 295 g/mol. The number of aliphatic hydroxyl groups excluding tert-OH is 1. The van der Waals surface area contributed by atoms with Crippen LogP contribution in [0.4, 0.5) is 4.39 Å². The topological polar surface area (TPSA) is 38.7 Å². The molecule has 2 aromatic rings. The first kappa shape index (κ1) is 14.2. The summed E-state index contributed by atoms with van der Waals surface area (Å²) in [5, 5.41) is 10.3. The van der Waals surface area contributed by atoms with E-state index in [0.717, 1.165) is 0 Å². The molecule has 0 fully saturated rings. The molecular formula is C16H14ClFO3. The standard InChI is InChI=1S/C16H14ClFO3/c1-20-9-5-6-14-11(7-9)13(19)8-15(21-14)10-3-2-4-12(17)16(10)18/h2-7,13,15,19H,8H2,1H3/t13-,15?/m0/s1. The van der Waals surface area contributed by atoms with Gasteiger partial charge >= 0.3 is 0 Å². The number of fused-ring (bicyclic) bond motifs is 1. The van der Waals surface area contributed by atoms with Gasteiger partial charge in [0.05, 0.1) is 18.2 Å². The van der Waals surface area contributed by atoms with Crippen molar-refractivity contribution in [2.45, 2.75) is 18.6 Å². The average molecular weight is 309 g/mol. The van der Waals surface area contributed by atoms with E-state index in [1.807, 2.05) is 0 Å². The van der Waals surface area contributed by atoms with Crippen molar-refractivity contribution in [3.05, 3.63) is 58.4 Å². The SMILES string of the molecule is COc1ccc2c(c1)[C@@H](O)CC(c1cccc(Cl)c1F)O2. The number of hydrogen-bond donors (Lipinski definition) is 1. The summed E-state index contributed by atoms with van der Waals surface area (Å²) in [5.41, 5.74) is 0.996. The largest absolute Gasteiger partial charge is 0.497 e. The molecule has 0 amide bonds. The Hall–Kier alpha value is -1.78. The molecule has 0 aliphatic carbocycles. The fraction of sp³-hybridized carbons (Fsp3) is 0.250. The molecule has 2 atom stereocenters. The van der Waals surface area contributed by atoms with E-state index in [1.165, 1.54) is 6.07 Å². The van der Waals surface area contributed by atoms with Crippen molar-refractivity contribution < 1.29 is 19.0 Å². The molecule has 0 spiro atoms. The maximum Gasteiger partial charge on any atom is 0.148 e. The Morgan fingerprint density at radius 1 is 1.29 bits per heavy atom. The lowest BCUT2D eigenvalue weighted by molar-refractivity contribution is 0.0637. The van der Waals surface area contributed by atoms with Gasteiger partial charge in [-0.1, -0.05) is 23.7 Å². The normalized spacial score (nSPS) is 20.6. The van der Waals surface area contributed by atoms with Crippen LogP contribution in [0.15, 0.2) is 36.4 Å². The van der Waals surface area contributed by atoms with Crippen molar-refractivity contribution in [1.82, 2.24) is 0 Å². The highest BCUT2D eigenvalue weighted by Crippen LogP contribution is 2.43. The zero-order chi connectivity index (χ0) is 15.0. The Morgan fingerprint density at radius 3 is 2.86 bits per heavy atom. The summed E-state index contributed by atoms with van der Waals surface area (Å²) >= 11 is 5.80. The molecule has 0 radical (unpaired) electrons. The molecule has 1 unspecified atom stereocenters. The first-order chi connectivity index (χ1) is 10.1. The molecule has 1 N–H and O–H groups in total. The van der Waals surface area contributed by atoms with E-state index in [4.69, 9.17) is 21.1 Å². The van der Waals surface area contributed by atoms with E-state index in [9.17, 15) is 9.50 Å². The molecule has 1 aliphatic heterocycles. The second-order valence-corrected chi connectivity index (χ2v) is 5.31. The van der Waals surface area contributed by atoms with Gasteiger partial charge in [-0.2, -0.15) is 0 Å². The van der Waals surface area contributed by atoms with Gasteiger partial charge in [0.2, 0.25) is 0 Å². The number of rotatable bonds is 2. The van der Waals surface area contributed by atoms with E-state index >= 15 is 0 Å². The molecule has 110 valence electrons. The third-order valence-corrected chi connectivity index (χ3v) is 3.90. The summed E-state index contributed by atoms with van der Waals surface area (Å²) in [4.78, 5) is 0. The number of methoxy groups -OCH3 is 1. The smallest absolute Gasteiger partial charge is 0.148 e. The zero-order valence-electron chi connectivity index (χ0n) is 11.3. The quantitative estimate of drug-likeness (QED) is 0.910. The average Bonchev–Trinajstić information content (AvgIpc) is 2.49. The summed E-state index contributed by atoms with van der Waals surface area (Å²) < 4.78 is 25.0. The molecule has 1 heterocycles. The zero-order valence-corrected chi connectivity index (χ0v) is 12.1. The second-order valence-electron chi connectivity index (χ2n) is 4.90.